The van der Waals surface area contributed by atoms with E-state index in [1.165, 1.54) is 4.90 Å². The molecular weight excluding hydrogens is 480 g/mol. The fourth-order valence-electron chi connectivity index (χ4n) is 3.86. The van der Waals surface area contributed by atoms with Gasteiger partial charge in [-0.3, -0.25) is 10.1 Å². The molecule has 0 saturated heterocycles. The number of allylic oxidation sites excluding steroid dienone is 1. The van der Waals surface area contributed by atoms with Gasteiger partial charge in [-0.15, -0.1) is 0 Å². The molecule has 3 aromatic rings. The molecule has 3 rings (SSSR count). The molecule has 2 amide bonds. The van der Waals surface area contributed by atoms with Gasteiger partial charge in [0.15, 0.2) is 0 Å². The number of likely N-dealkylation sites (N-methyl/N-ethyl adjacent to an activating group) is 1. The Balaban J connectivity index is 1.75. The number of carboxylic acid groups (broad SMARTS) is 1. The standard InChI is InChI=1S/C30H34N4O4/c1-4-26(22-9-6-5-7-10-22)29(24-14-17-27(32-21-24)33-30(36)37)23-12-15-25(16-13-23)38-20-19-31-18-8-11-28(35)34(2)3/h5-17,21,31H,4,18-20H2,1-3H3,(H,32,33)(H,36,37). The quantitative estimate of drug-likeness (QED) is 0.175. The van der Waals surface area contributed by atoms with Crippen LogP contribution in [0.2, 0.25) is 0 Å². The molecule has 1 aromatic heterocycles. The summed E-state index contributed by atoms with van der Waals surface area (Å²) in [6.07, 6.45) is 4.68. The van der Waals surface area contributed by atoms with Gasteiger partial charge in [-0.05, 0) is 53.0 Å². The molecule has 0 bridgehead atoms. The third kappa shape index (κ3) is 8.31. The summed E-state index contributed by atoms with van der Waals surface area (Å²) in [4.78, 5) is 28.3. The van der Waals surface area contributed by atoms with Gasteiger partial charge in [0.1, 0.15) is 18.2 Å². The van der Waals surface area contributed by atoms with Gasteiger partial charge in [0.2, 0.25) is 5.91 Å². The first-order chi connectivity index (χ1) is 18.4. The molecule has 8 nitrogen and oxygen atoms in total. The second kappa shape index (κ2) is 14.3. The van der Waals surface area contributed by atoms with E-state index in [-0.39, 0.29) is 11.7 Å². The maximum absolute atomic E-state index is 11.5. The number of pyridine rings is 1. The Morgan fingerprint density at radius 3 is 2.29 bits per heavy atom. The number of amides is 2. The maximum atomic E-state index is 11.5. The lowest BCUT2D eigenvalue weighted by molar-refractivity contribution is -0.123. The first-order valence-electron chi connectivity index (χ1n) is 12.5. The molecule has 8 heteroatoms. The minimum Gasteiger partial charge on any atom is -0.492 e. The van der Waals surface area contributed by atoms with Gasteiger partial charge < -0.3 is 20.1 Å². The summed E-state index contributed by atoms with van der Waals surface area (Å²) in [5, 5.41) is 14.5. The number of nitrogens with zero attached hydrogens (tertiary/aromatic N) is 2. The minimum absolute atomic E-state index is 0.0429. The largest absolute Gasteiger partial charge is 0.492 e. The van der Waals surface area contributed by atoms with E-state index in [0.29, 0.717) is 19.7 Å². The van der Waals surface area contributed by atoms with Crippen molar-refractivity contribution in [1.29, 1.82) is 0 Å². The minimum atomic E-state index is -1.15. The van der Waals surface area contributed by atoms with E-state index in [2.05, 4.69) is 34.7 Å². The van der Waals surface area contributed by atoms with Crippen LogP contribution in [0.4, 0.5) is 10.6 Å². The lowest BCUT2D eigenvalue weighted by atomic mass is 9.89. The monoisotopic (exact) mass is 514 g/mol. The molecule has 0 radical (unpaired) electrons. The van der Waals surface area contributed by atoms with Gasteiger partial charge in [-0.25, -0.2) is 9.78 Å². The third-order valence-corrected chi connectivity index (χ3v) is 5.72. The van der Waals surface area contributed by atoms with Crippen LogP contribution in [0.25, 0.3) is 11.1 Å². The fourth-order valence-corrected chi connectivity index (χ4v) is 3.86. The van der Waals surface area contributed by atoms with E-state index < -0.39 is 6.09 Å². The second-order valence-electron chi connectivity index (χ2n) is 8.65. The van der Waals surface area contributed by atoms with Crippen LogP contribution in [0.1, 0.15) is 30.0 Å². The average molecular weight is 515 g/mol. The lowest BCUT2D eigenvalue weighted by Crippen LogP contribution is -2.22. The van der Waals surface area contributed by atoms with E-state index in [0.717, 1.165) is 40.0 Å². The summed E-state index contributed by atoms with van der Waals surface area (Å²) in [5.41, 5.74) is 5.20. The Labute approximate surface area is 223 Å². The summed E-state index contributed by atoms with van der Waals surface area (Å²) in [6.45, 7) is 3.84. The van der Waals surface area contributed by atoms with E-state index in [1.54, 1.807) is 38.5 Å². The summed E-state index contributed by atoms with van der Waals surface area (Å²) >= 11 is 0. The van der Waals surface area contributed by atoms with Crippen LogP contribution in [0.15, 0.2) is 85.1 Å². The molecule has 2 aromatic carbocycles. The van der Waals surface area contributed by atoms with Crippen molar-refractivity contribution in [2.24, 2.45) is 0 Å². The Hall–Kier alpha value is -4.43. The molecule has 0 fully saturated rings. The molecule has 0 unspecified atom stereocenters. The van der Waals surface area contributed by atoms with Gasteiger partial charge in [0.25, 0.3) is 0 Å². The molecule has 0 aliphatic rings. The predicted octanol–water partition coefficient (Wildman–Crippen LogP) is 5.15. The van der Waals surface area contributed by atoms with Gasteiger partial charge in [-0.2, -0.15) is 0 Å². The zero-order valence-corrected chi connectivity index (χ0v) is 22.0. The summed E-state index contributed by atoms with van der Waals surface area (Å²) in [6, 6.07) is 21.7. The van der Waals surface area contributed by atoms with E-state index in [9.17, 15) is 9.59 Å². The number of carbonyl (C=O) groups is 2. The molecule has 0 aliphatic heterocycles. The Bertz CT molecular complexity index is 1250. The van der Waals surface area contributed by atoms with E-state index in [4.69, 9.17) is 9.84 Å². The van der Waals surface area contributed by atoms with Crippen molar-refractivity contribution in [2.75, 3.05) is 39.1 Å². The van der Waals surface area contributed by atoms with Crippen molar-refractivity contribution in [3.63, 3.8) is 0 Å². The first kappa shape index (κ1) is 28.1. The molecule has 0 spiro atoms. The normalized spacial score (nSPS) is 11.7. The molecular formula is C30H34N4O4. The number of carbonyl (C=O) groups excluding carboxylic acids is 1. The van der Waals surface area contributed by atoms with Gasteiger partial charge in [0, 0.05) is 45.0 Å². The fraction of sp³-hybridized carbons (Fsp3) is 0.233. The average Bonchev–Trinajstić information content (AvgIpc) is 2.92. The summed E-state index contributed by atoms with van der Waals surface area (Å²) in [5.74, 6) is 0.985. The zero-order chi connectivity index (χ0) is 27.3. The van der Waals surface area contributed by atoms with Gasteiger partial charge >= 0.3 is 6.09 Å². The number of aromatic nitrogens is 1. The zero-order valence-electron chi connectivity index (χ0n) is 22.0. The number of hydrogen-bond donors (Lipinski definition) is 3. The molecule has 38 heavy (non-hydrogen) atoms. The third-order valence-electron chi connectivity index (χ3n) is 5.72. The SMILES string of the molecule is CCC(=C(c1ccc(OCCNCC=CC(=O)N(C)C)cc1)c1ccc(NC(=O)O)nc1)c1ccccc1. The maximum Gasteiger partial charge on any atom is 0.410 e. The number of ether oxygens (including phenoxy) is 1. The number of hydrogen-bond acceptors (Lipinski definition) is 5. The Kier molecular flexibility index (Phi) is 10.6. The van der Waals surface area contributed by atoms with E-state index >= 15 is 0 Å². The molecule has 0 aliphatic carbocycles. The highest BCUT2D eigenvalue weighted by Gasteiger charge is 2.14. The second-order valence-corrected chi connectivity index (χ2v) is 8.65. The predicted molar refractivity (Wildman–Crippen MR) is 151 cm³/mol. The van der Waals surface area contributed by atoms with Crippen molar-refractivity contribution < 1.29 is 19.4 Å². The molecule has 1 heterocycles. The lowest BCUT2D eigenvalue weighted by Gasteiger charge is -2.17. The van der Waals surface area contributed by atoms with Crippen LogP contribution >= 0.6 is 0 Å². The molecule has 0 atom stereocenters. The van der Waals surface area contributed by atoms with Crippen LogP contribution in [-0.4, -0.2) is 60.8 Å². The molecule has 0 saturated carbocycles. The van der Waals surface area contributed by atoms with Crippen molar-refractivity contribution in [3.8, 4) is 5.75 Å². The van der Waals surface area contributed by atoms with Gasteiger partial charge in [-0.1, -0.05) is 55.5 Å². The first-order valence-corrected chi connectivity index (χ1v) is 12.5. The van der Waals surface area contributed by atoms with Crippen LogP contribution in [0, 0.1) is 0 Å². The highest BCUT2D eigenvalue weighted by Crippen LogP contribution is 2.35. The van der Waals surface area contributed by atoms with Crippen LogP contribution in [0.5, 0.6) is 5.75 Å². The summed E-state index contributed by atoms with van der Waals surface area (Å²) in [7, 11) is 3.43. The Morgan fingerprint density at radius 1 is 0.974 bits per heavy atom. The molecule has 3 N–H and O–H groups in total. The van der Waals surface area contributed by atoms with Crippen LogP contribution in [0.3, 0.4) is 0 Å². The van der Waals surface area contributed by atoms with Crippen molar-refractivity contribution in [3.05, 3.63) is 102 Å². The Morgan fingerprint density at radius 2 is 1.68 bits per heavy atom. The highest BCUT2D eigenvalue weighted by molar-refractivity contribution is 5.98. The number of anilines is 1. The smallest absolute Gasteiger partial charge is 0.410 e. The number of nitrogens with one attached hydrogen (secondary N) is 2. The van der Waals surface area contributed by atoms with Crippen LogP contribution in [-0.2, 0) is 4.79 Å². The van der Waals surface area contributed by atoms with E-state index in [1.807, 2.05) is 48.5 Å². The van der Waals surface area contributed by atoms with Crippen LogP contribution < -0.4 is 15.4 Å². The molecule has 198 valence electrons. The number of rotatable bonds is 12. The van der Waals surface area contributed by atoms with Crippen molar-refractivity contribution in [1.82, 2.24) is 15.2 Å². The van der Waals surface area contributed by atoms with Gasteiger partial charge in [0.05, 0.1) is 0 Å². The number of benzene rings is 2. The highest BCUT2D eigenvalue weighted by atomic mass is 16.5. The summed E-state index contributed by atoms with van der Waals surface area (Å²) < 4.78 is 5.88. The topological polar surface area (TPSA) is 104 Å². The van der Waals surface area contributed by atoms with Crippen molar-refractivity contribution in [2.45, 2.75) is 13.3 Å². The van der Waals surface area contributed by atoms with Crippen molar-refractivity contribution >= 4 is 29.0 Å².